The summed E-state index contributed by atoms with van der Waals surface area (Å²) >= 11 is 0. The highest BCUT2D eigenvalue weighted by Gasteiger charge is 2.18. The van der Waals surface area contributed by atoms with Gasteiger partial charge in [-0.15, -0.1) is 0 Å². The quantitative estimate of drug-likeness (QED) is 0.824. The lowest BCUT2D eigenvalue weighted by molar-refractivity contribution is 0.148. The molecule has 1 aromatic rings. The summed E-state index contributed by atoms with van der Waals surface area (Å²) in [5, 5.41) is 0. The number of rotatable bonds is 3. The summed E-state index contributed by atoms with van der Waals surface area (Å²) in [6.07, 6.45) is 5.65. The number of methoxy groups -OCH3 is 1. The second-order valence-electron chi connectivity index (χ2n) is 4.40. The SMILES string of the molecule is COc1cc(OC2CCCCC2)c(F)cc1N. The van der Waals surface area contributed by atoms with E-state index in [0.29, 0.717) is 11.4 Å². The van der Waals surface area contributed by atoms with Crippen molar-refractivity contribution in [3.8, 4) is 11.5 Å². The highest BCUT2D eigenvalue weighted by Crippen LogP contribution is 2.32. The molecule has 0 atom stereocenters. The molecule has 0 saturated heterocycles. The fourth-order valence-corrected chi connectivity index (χ4v) is 2.18. The highest BCUT2D eigenvalue weighted by molar-refractivity contribution is 5.56. The lowest BCUT2D eigenvalue weighted by Crippen LogP contribution is -2.20. The van der Waals surface area contributed by atoms with Crippen LogP contribution in [0.25, 0.3) is 0 Å². The van der Waals surface area contributed by atoms with Gasteiger partial charge < -0.3 is 15.2 Å². The van der Waals surface area contributed by atoms with Crippen LogP contribution in [0.5, 0.6) is 11.5 Å². The Hall–Kier alpha value is -1.45. The van der Waals surface area contributed by atoms with Gasteiger partial charge in [-0.2, -0.15) is 0 Å². The normalized spacial score (nSPS) is 16.8. The molecule has 0 heterocycles. The van der Waals surface area contributed by atoms with E-state index in [2.05, 4.69) is 0 Å². The van der Waals surface area contributed by atoms with Gasteiger partial charge in [0.25, 0.3) is 0 Å². The molecule has 1 saturated carbocycles. The lowest BCUT2D eigenvalue weighted by atomic mass is 9.98. The molecule has 1 aromatic carbocycles. The zero-order valence-electron chi connectivity index (χ0n) is 10.0. The van der Waals surface area contributed by atoms with E-state index in [-0.39, 0.29) is 11.9 Å². The van der Waals surface area contributed by atoms with Crippen LogP contribution < -0.4 is 15.2 Å². The topological polar surface area (TPSA) is 44.5 Å². The van der Waals surface area contributed by atoms with Gasteiger partial charge in [-0.05, 0) is 25.7 Å². The molecule has 17 heavy (non-hydrogen) atoms. The van der Waals surface area contributed by atoms with Crippen LogP contribution in [0.15, 0.2) is 12.1 Å². The Morgan fingerprint density at radius 2 is 1.88 bits per heavy atom. The van der Waals surface area contributed by atoms with Gasteiger partial charge in [0, 0.05) is 12.1 Å². The van der Waals surface area contributed by atoms with Gasteiger partial charge in [-0.3, -0.25) is 0 Å². The summed E-state index contributed by atoms with van der Waals surface area (Å²) in [6, 6.07) is 2.77. The molecule has 0 bridgehead atoms. The number of nitrogen functional groups attached to an aromatic ring is 1. The van der Waals surface area contributed by atoms with Crippen molar-refractivity contribution >= 4 is 5.69 Å². The maximum absolute atomic E-state index is 13.7. The molecule has 0 unspecified atom stereocenters. The van der Waals surface area contributed by atoms with E-state index in [1.807, 2.05) is 0 Å². The van der Waals surface area contributed by atoms with Crippen LogP contribution in [0, 0.1) is 5.82 Å². The lowest BCUT2D eigenvalue weighted by Gasteiger charge is -2.23. The molecule has 0 aromatic heterocycles. The number of ether oxygens (including phenoxy) is 2. The number of benzene rings is 1. The third-order valence-corrected chi connectivity index (χ3v) is 3.13. The maximum Gasteiger partial charge on any atom is 0.167 e. The van der Waals surface area contributed by atoms with Crippen molar-refractivity contribution in [3.05, 3.63) is 17.9 Å². The van der Waals surface area contributed by atoms with Crippen molar-refractivity contribution in [2.75, 3.05) is 12.8 Å². The number of hydrogen-bond donors (Lipinski definition) is 1. The van der Waals surface area contributed by atoms with Gasteiger partial charge in [-0.25, -0.2) is 4.39 Å². The van der Waals surface area contributed by atoms with Gasteiger partial charge in [0.05, 0.1) is 18.9 Å². The van der Waals surface area contributed by atoms with Gasteiger partial charge in [0.15, 0.2) is 11.6 Å². The number of hydrogen-bond acceptors (Lipinski definition) is 3. The van der Waals surface area contributed by atoms with Gasteiger partial charge in [-0.1, -0.05) is 6.42 Å². The van der Waals surface area contributed by atoms with Crippen LogP contribution >= 0.6 is 0 Å². The third kappa shape index (κ3) is 2.81. The molecule has 1 aliphatic rings. The Labute approximate surface area is 101 Å². The molecule has 1 fully saturated rings. The van der Waals surface area contributed by atoms with Crippen molar-refractivity contribution in [2.45, 2.75) is 38.2 Å². The van der Waals surface area contributed by atoms with Crippen LogP contribution in [0.4, 0.5) is 10.1 Å². The van der Waals surface area contributed by atoms with E-state index < -0.39 is 5.82 Å². The van der Waals surface area contributed by atoms with Crippen molar-refractivity contribution in [2.24, 2.45) is 0 Å². The predicted octanol–water partition coefficient (Wildman–Crippen LogP) is 3.13. The molecule has 94 valence electrons. The number of anilines is 1. The second-order valence-corrected chi connectivity index (χ2v) is 4.40. The largest absolute Gasteiger partial charge is 0.494 e. The van der Waals surface area contributed by atoms with Crippen LogP contribution in [-0.4, -0.2) is 13.2 Å². The standard InChI is InChI=1S/C13H18FNO2/c1-16-13-8-12(10(14)7-11(13)15)17-9-5-3-2-4-6-9/h7-9H,2-6,15H2,1H3. The first-order valence-electron chi connectivity index (χ1n) is 6.00. The van der Waals surface area contributed by atoms with E-state index in [9.17, 15) is 4.39 Å². The van der Waals surface area contributed by atoms with Crippen LogP contribution in [0.1, 0.15) is 32.1 Å². The second kappa shape index (κ2) is 5.25. The third-order valence-electron chi connectivity index (χ3n) is 3.13. The zero-order chi connectivity index (χ0) is 12.3. The maximum atomic E-state index is 13.7. The summed E-state index contributed by atoms with van der Waals surface area (Å²) < 4.78 is 24.4. The first-order chi connectivity index (χ1) is 8.20. The van der Waals surface area contributed by atoms with Crippen molar-refractivity contribution in [1.82, 2.24) is 0 Å². The van der Waals surface area contributed by atoms with E-state index in [0.717, 1.165) is 25.7 Å². The van der Waals surface area contributed by atoms with Gasteiger partial charge in [0.2, 0.25) is 0 Å². The van der Waals surface area contributed by atoms with E-state index in [4.69, 9.17) is 15.2 Å². The summed E-state index contributed by atoms with van der Waals surface area (Å²) in [6.45, 7) is 0. The fraction of sp³-hybridized carbons (Fsp3) is 0.538. The molecule has 0 amide bonds. The predicted molar refractivity (Wildman–Crippen MR) is 64.9 cm³/mol. The van der Waals surface area contributed by atoms with Crippen LogP contribution in [0.3, 0.4) is 0 Å². The number of nitrogens with two attached hydrogens (primary N) is 1. The first kappa shape index (κ1) is 12.0. The summed E-state index contributed by atoms with van der Waals surface area (Å²) in [5.74, 6) is 0.272. The zero-order valence-corrected chi connectivity index (χ0v) is 10.0. The van der Waals surface area contributed by atoms with Crippen molar-refractivity contribution in [1.29, 1.82) is 0 Å². The molecule has 2 N–H and O–H groups in total. The summed E-state index contributed by atoms with van der Waals surface area (Å²) in [5.41, 5.74) is 5.91. The minimum absolute atomic E-state index is 0.117. The smallest absolute Gasteiger partial charge is 0.167 e. The Kier molecular flexibility index (Phi) is 3.71. The highest BCUT2D eigenvalue weighted by atomic mass is 19.1. The van der Waals surface area contributed by atoms with E-state index in [1.165, 1.54) is 25.7 Å². The Morgan fingerprint density at radius 3 is 2.53 bits per heavy atom. The Balaban J connectivity index is 2.13. The van der Waals surface area contributed by atoms with Crippen molar-refractivity contribution in [3.63, 3.8) is 0 Å². The number of halogens is 1. The summed E-state index contributed by atoms with van der Waals surface area (Å²) in [4.78, 5) is 0. The minimum Gasteiger partial charge on any atom is -0.494 e. The van der Waals surface area contributed by atoms with Crippen LogP contribution in [0.2, 0.25) is 0 Å². The fourth-order valence-electron chi connectivity index (χ4n) is 2.18. The molecular weight excluding hydrogens is 221 g/mol. The Bertz CT molecular complexity index is 389. The molecule has 3 nitrogen and oxygen atoms in total. The monoisotopic (exact) mass is 239 g/mol. The molecular formula is C13H18FNO2. The molecule has 2 rings (SSSR count). The minimum atomic E-state index is -0.422. The van der Waals surface area contributed by atoms with Gasteiger partial charge >= 0.3 is 0 Å². The average Bonchev–Trinajstić information content (AvgIpc) is 2.34. The van der Waals surface area contributed by atoms with Crippen LogP contribution in [-0.2, 0) is 0 Å². The molecule has 1 aliphatic carbocycles. The molecule has 0 aliphatic heterocycles. The van der Waals surface area contributed by atoms with Crippen molar-refractivity contribution < 1.29 is 13.9 Å². The average molecular weight is 239 g/mol. The first-order valence-corrected chi connectivity index (χ1v) is 6.00. The molecule has 0 radical (unpaired) electrons. The molecule has 4 heteroatoms. The van der Waals surface area contributed by atoms with Gasteiger partial charge in [0.1, 0.15) is 5.75 Å². The molecule has 0 spiro atoms. The van der Waals surface area contributed by atoms with E-state index >= 15 is 0 Å². The summed E-state index contributed by atoms with van der Waals surface area (Å²) in [7, 11) is 1.51. The van der Waals surface area contributed by atoms with E-state index in [1.54, 1.807) is 0 Å². The Morgan fingerprint density at radius 1 is 1.18 bits per heavy atom.